The van der Waals surface area contributed by atoms with Gasteiger partial charge in [-0.1, -0.05) is 11.6 Å². The summed E-state index contributed by atoms with van der Waals surface area (Å²) in [6, 6.07) is 1.58. The quantitative estimate of drug-likeness (QED) is 0.726. The third-order valence-electron chi connectivity index (χ3n) is 1.95. The molecule has 0 atom stereocenters. The van der Waals surface area contributed by atoms with Crippen molar-refractivity contribution in [3.8, 4) is 0 Å². The van der Waals surface area contributed by atoms with E-state index in [0.717, 1.165) is 0 Å². The van der Waals surface area contributed by atoms with Crippen molar-refractivity contribution in [1.29, 1.82) is 0 Å². The van der Waals surface area contributed by atoms with Gasteiger partial charge in [0.2, 0.25) is 5.78 Å². The Morgan fingerprint density at radius 3 is 2.93 bits per heavy atom. The summed E-state index contributed by atoms with van der Waals surface area (Å²) in [5.74, 6) is -0.192. The van der Waals surface area contributed by atoms with E-state index in [1.165, 1.54) is 12.4 Å². The maximum atomic E-state index is 11.9. The SMILES string of the molecule is Cn1cnc(C(=O)c2ccncc2Cl)c1. The highest BCUT2D eigenvalue weighted by Crippen LogP contribution is 2.16. The minimum absolute atomic E-state index is 0.192. The Morgan fingerprint density at radius 1 is 1.53 bits per heavy atom. The van der Waals surface area contributed by atoms with Crippen LogP contribution in [0.15, 0.2) is 31.0 Å². The standard InChI is InChI=1S/C10H8ClN3O/c1-14-5-9(13-6-14)10(15)7-2-3-12-4-8(7)11/h2-6H,1H3. The van der Waals surface area contributed by atoms with Gasteiger partial charge in [-0.3, -0.25) is 9.78 Å². The van der Waals surface area contributed by atoms with E-state index in [1.807, 2.05) is 0 Å². The van der Waals surface area contributed by atoms with Gasteiger partial charge in [0, 0.05) is 31.2 Å². The number of carbonyl (C=O) groups is 1. The van der Waals surface area contributed by atoms with Crippen molar-refractivity contribution < 1.29 is 4.79 Å². The molecule has 0 aliphatic heterocycles. The van der Waals surface area contributed by atoms with Gasteiger partial charge in [-0.15, -0.1) is 0 Å². The summed E-state index contributed by atoms with van der Waals surface area (Å²) in [5, 5.41) is 0.341. The lowest BCUT2D eigenvalue weighted by atomic mass is 10.1. The Balaban J connectivity index is 2.41. The third-order valence-corrected chi connectivity index (χ3v) is 2.26. The molecule has 0 aromatic carbocycles. The van der Waals surface area contributed by atoms with Gasteiger partial charge in [0.05, 0.1) is 11.3 Å². The zero-order chi connectivity index (χ0) is 10.8. The summed E-state index contributed by atoms with van der Waals surface area (Å²) in [5.41, 5.74) is 0.802. The topological polar surface area (TPSA) is 47.8 Å². The van der Waals surface area contributed by atoms with Crippen LogP contribution in [0.4, 0.5) is 0 Å². The molecule has 15 heavy (non-hydrogen) atoms. The van der Waals surface area contributed by atoms with Crippen molar-refractivity contribution in [1.82, 2.24) is 14.5 Å². The van der Waals surface area contributed by atoms with E-state index in [4.69, 9.17) is 11.6 Å². The number of hydrogen-bond donors (Lipinski definition) is 0. The molecular weight excluding hydrogens is 214 g/mol. The van der Waals surface area contributed by atoms with E-state index in [0.29, 0.717) is 16.3 Å². The summed E-state index contributed by atoms with van der Waals surface area (Å²) in [6.07, 6.45) is 6.20. The number of pyridine rings is 1. The van der Waals surface area contributed by atoms with Crippen LogP contribution >= 0.6 is 11.6 Å². The number of carbonyl (C=O) groups excluding carboxylic acids is 1. The fraction of sp³-hybridized carbons (Fsp3) is 0.100. The summed E-state index contributed by atoms with van der Waals surface area (Å²) in [4.78, 5) is 19.7. The minimum Gasteiger partial charge on any atom is -0.340 e. The van der Waals surface area contributed by atoms with Gasteiger partial charge in [-0.25, -0.2) is 4.98 Å². The van der Waals surface area contributed by atoms with Gasteiger partial charge in [-0.05, 0) is 6.07 Å². The van der Waals surface area contributed by atoms with E-state index in [2.05, 4.69) is 9.97 Å². The van der Waals surface area contributed by atoms with Crippen molar-refractivity contribution >= 4 is 17.4 Å². The van der Waals surface area contributed by atoms with Gasteiger partial charge >= 0.3 is 0 Å². The molecule has 0 amide bonds. The maximum absolute atomic E-state index is 11.9. The number of imidazole rings is 1. The zero-order valence-corrected chi connectivity index (χ0v) is 8.77. The first-order valence-corrected chi connectivity index (χ1v) is 4.68. The number of nitrogens with zero attached hydrogens (tertiary/aromatic N) is 3. The summed E-state index contributed by atoms with van der Waals surface area (Å²) < 4.78 is 1.71. The van der Waals surface area contributed by atoms with Crippen LogP contribution in [-0.4, -0.2) is 20.3 Å². The number of aryl methyl sites for hydroxylation is 1. The molecule has 0 radical (unpaired) electrons. The molecule has 2 aromatic heterocycles. The van der Waals surface area contributed by atoms with Crippen molar-refractivity contribution in [2.75, 3.05) is 0 Å². The fourth-order valence-corrected chi connectivity index (χ4v) is 1.43. The van der Waals surface area contributed by atoms with Crippen LogP contribution in [0, 0.1) is 0 Å². The van der Waals surface area contributed by atoms with E-state index in [1.54, 1.807) is 30.2 Å². The molecule has 4 nitrogen and oxygen atoms in total. The second-order valence-electron chi connectivity index (χ2n) is 3.11. The lowest BCUT2D eigenvalue weighted by Gasteiger charge is -1.98. The predicted molar refractivity (Wildman–Crippen MR) is 55.9 cm³/mol. The smallest absolute Gasteiger partial charge is 0.214 e. The average Bonchev–Trinajstić information content (AvgIpc) is 2.65. The van der Waals surface area contributed by atoms with Crippen molar-refractivity contribution in [3.05, 3.63) is 47.3 Å². The molecule has 0 spiro atoms. The first kappa shape index (κ1) is 9.86. The lowest BCUT2D eigenvalue weighted by Crippen LogP contribution is -2.02. The Kier molecular flexibility index (Phi) is 2.51. The second kappa shape index (κ2) is 3.82. The molecule has 0 fully saturated rings. The summed E-state index contributed by atoms with van der Waals surface area (Å²) >= 11 is 5.86. The van der Waals surface area contributed by atoms with Crippen LogP contribution in [0.1, 0.15) is 16.1 Å². The van der Waals surface area contributed by atoms with Crippen molar-refractivity contribution in [2.24, 2.45) is 7.05 Å². The molecule has 0 bridgehead atoms. The molecular formula is C10H8ClN3O. The van der Waals surface area contributed by atoms with Gasteiger partial charge in [-0.2, -0.15) is 0 Å². The molecule has 2 aromatic rings. The highest BCUT2D eigenvalue weighted by Gasteiger charge is 2.14. The first-order chi connectivity index (χ1) is 7.18. The Morgan fingerprint density at radius 2 is 2.33 bits per heavy atom. The Hall–Kier alpha value is -1.68. The molecule has 0 saturated carbocycles. The third kappa shape index (κ3) is 1.89. The molecule has 0 aliphatic carbocycles. The van der Waals surface area contributed by atoms with Crippen LogP contribution in [0.5, 0.6) is 0 Å². The number of aromatic nitrogens is 3. The molecule has 76 valence electrons. The van der Waals surface area contributed by atoms with E-state index in [9.17, 15) is 4.79 Å². The Labute approximate surface area is 91.5 Å². The van der Waals surface area contributed by atoms with Gasteiger partial charge in [0.1, 0.15) is 5.69 Å². The van der Waals surface area contributed by atoms with Crippen LogP contribution in [-0.2, 0) is 7.05 Å². The van der Waals surface area contributed by atoms with Crippen LogP contribution < -0.4 is 0 Å². The molecule has 0 unspecified atom stereocenters. The van der Waals surface area contributed by atoms with Gasteiger partial charge in [0.25, 0.3) is 0 Å². The predicted octanol–water partition coefficient (Wildman–Crippen LogP) is 1.70. The van der Waals surface area contributed by atoms with E-state index >= 15 is 0 Å². The largest absolute Gasteiger partial charge is 0.340 e. The van der Waals surface area contributed by atoms with E-state index in [-0.39, 0.29) is 5.78 Å². The van der Waals surface area contributed by atoms with E-state index < -0.39 is 0 Å². The number of halogens is 1. The zero-order valence-electron chi connectivity index (χ0n) is 8.01. The fourth-order valence-electron chi connectivity index (χ4n) is 1.23. The number of hydrogen-bond acceptors (Lipinski definition) is 3. The monoisotopic (exact) mass is 221 g/mol. The van der Waals surface area contributed by atoms with Crippen LogP contribution in [0.3, 0.4) is 0 Å². The van der Waals surface area contributed by atoms with Gasteiger partial charge in [0.15, 0.2) is 0 Å². The average molecular weight is 222 g/mol. The molecule has 0 N–H and O–H groups in total. The summed E-state index contributed by atoms with van der Waals surface area (Å²) in [6.45, 7) is 0. The van der Waals surface area contributed by atoms with Gasteiger partial charge < -0.3 is 4.57 Å². The number of rotatable bonds is 2. The lowest BCUT2D eigenvalue weighted by molar-refractivity contribution is 0.103. The van der Waals surface area contributed by atoms with Crippen molar-refractivity contribution in [2.45, 2.75) is 0 Å². The Bertz CT molecular complexity index is 507. The minimum atomic E-state index is -0.192. The molecule has 0 saturated heterocycles. The number of ketones is 1. The van der Waals surface area contributed by atoms with Crippen LogP contribution in [0.25, 0.3) is 0 Å². The van der Waals surface area contributed by atoms with Crippen molar-refractivity contribution in [3.63, 3.8) is 0 Å². The van der Waals surface area contributed by atoms with Crippen LogP contribution in [0.2, 0.25) is 5.02 Å². The second-order valence-corrected chi connectivity index (χ2v) is 3.52. The normalized spacial score (nSPS) is 10.3. The highest BCUT2D eigenvalue weighted by atomic mass is 35.5. The molecule has 0 aliphatic rings. The summed E-state index contributed by atoms with van der Waals surface area (Å²) in [7, 11) is 1.80. The highest BCUT2D eigenvalue weighted by molar-refractivity contribution is 6.34. The first-order valence-electron chi connectivity index (χ1n) is 4.30. The molecule has 2 rings (SSSR count). The molecule has 5 heteroatoms. The molecule has 2 heterocycles. The maximum Gasteiger partial charge on any atom is 0.214 e.